The molecule has 0 radical (unpaired) electrons. The summed E-state index contributed by atoms with van der Waals surface area (Å²) in [7, 11) is 0. The predicted molar refractivity (Wildman–Crippen MR) is 236 cm³/mol. The van der Waals surface area contributed by atoms with Crippen LogP contribution in [0.15, 0.2) is 170 Å². The summed E-state index contributed by atoms with van der Waals surface area (Å²) in [4.78, 5) is 4.95. The van der Waals surface area contributed by atoms with Crippen molar-refractivity contribution in [3.63, 3.8) is 0 Å². The van der Waals surface area contributed by atoms with Crippen LogP contribution >= 0.6 is 11.3 Å². The van der Waals surface area contributed by atoms with Crippen molar-refractivity contribution in [2.45, 2.75) is 32.7 Å². The highest BCUT2D eigenvalue weighted by molar-refractivity contribution is 7.26. The Balaban J connectivity index is 1.05. The zero-order valence-electron chi connectivity index (χ0n) is 31.1. The van der Waals surface area contributed by atoms with Crippen molar-refractivity contribution in [1.29, 1.82) is 0 Å². The van der Waals surface area contributed by atoms with Crippen LogP contribution in [0.2, 0.25) is 0 Å². The number of allylic oxidation sites excluding steroid dienone is 2. The molecule has 1 aliphatic carbocycles. The molecule has 0 spiro atoms. The van der Waals surface area contributed by atoms with E-state index < -0.39 is 0 Å². The lowest BCUT2D eigenvalue weighted by Gasteiger charge is -2.31. The standard InChI is InChI=1S/C51H39N3S/c1-32-30-33(2)49(34(3)31-32)52(35-20-24-37(25-21-35)53-45-16-8-4-12-39(45)40-13-5-9-17-46(40)53)36-22-26-38(27-23-36)54-47-18-10-6-14-41(47)43-28-29-44-42-15-7-11-19-48(42)55-51(44)50(43)54/h4-31,39,45H,1-3H3. The lowest BCUT2D eigenvalue weighted by Crippen LogP contribution is -2.28. The van der Waals surface area contributed by atoms with E-state index in [0.29, 0.717) is 5.92 Å². The van der Waals surface area contributed by atoms with Crippen molar-refractivity contribution in [3.8, 4) is 5.69 Å². The van der Waals surface area contributed by atoms with Crippen LogP contribution in [-0.2, 0) is 0 Å². The molecule has 0 saturated carbocycles. The highest BCUT2D eigenvalue weighted by Crippen LogP contribution is 2.49. The minimum atomic E-state index is 0.271. The first-order chi connectivity index (χ1) is 27.0. The molecule has 2 aliphatic rings. The van der Waals surface area contributed by atoms with Gasteiger partial charge in [0.05, 0.1) is 27.5 Å². The monoisotopic (exact) mass is 725 g/mol. The number of anilines is 5. The number of rotatable bonds is 5. The van der Waals surface area contributed by atoms with Crippen LogP contribution in [0.5, 0.6) is 0 Å². The second kappa shape index (κ2) is 12.3. The fourth-order valence-electron chi connectivity index (χ4n) is 9.53. The molecule has 264 valence electrons. The number of hydrogen-bond donors (Lipinski definition) is 0. The second-order valence-corrected chi connectivity index (χ2v) is 16.2. The quantitative estimate of drug-likeness (QED) is 0.175. The third-order valence-electron chi connectivity index (χ3n) is 11.7. The molecule has 0 fully saturated rings. The van der Waals surface area contributed by atoms with Gasteiger partial charge in [0.2, 0.25) is 0 Å². The van der Waals surface area contributed by atoms with E-state index in [1.54, 1.807) is 0 Å². The highest BCUT2D eigenvalue weighted by Gasteiger charge is 2.37. The summed E-state index contributed by atoms with van der Waals surface area (Å²) < 4.78 is 5.13. The molecule has 2 atom stereocenters. The van der Waals surface area contributed by atoms with E-state index >= 15 is 0 Å². The van der Waals surface area contributed by atoms with E-state index in [-0.39, 0.29) is 6.04 Å². The fourth-order valence-corrected chi connectivity index (χ4v) is 10.8. The van der Waals surface area contributed by atoms with Gasteiger partial charge in [0.15, 0.2) is 0 Å². The van der Waals surface area contributed by atoms with Gasteiger partial charge < -0.3 is 14.4 Å². The Labute approximate surface area is 325 Å². The van der Waals surface area contributed by atoms with Gasteiger partial charge in [-0.15, -0.1) is 11.3 Å². The molecule has 0 amide bonds. The Morgan fingerprint density at radius 3 is 1.98 bits per heavy atom. The summed E-state index contributed by atoms with van der Waals surface area (Å²) >= 11 is 1.90. The van der Waals surface area contributed by atoms with Crippen LogP contribution < -0.4 is 9.80 Å². The molecule has 3 nitrogen and oxygen atoms in total. The van der Waals surface area contributed by atoms with Crippen molar-refractivity contribution < 1.29 is 0 Å². The molecular weight excluding hydrogens is 687 g/mol. The van der Waals surface area contributed by atoms with Crippen molar-refractivity contribution in [2.75, 3.05) is 9.80 Å². The van der Waals surface area contributed by atoms with Gasteiger partial charge in [-0.3, -0.25) is 0 Å². The molecule has 4 heteroatoms. The molecule has 55 heavy (non-hydrogen) atoms. The molecule has 2 unspecified atom stereocenters. The fraction of sp³-hybridized carbons (Fsp3) is 0.0980. The Kier molecular flexibility index (Phi) is 7.20. The molecule has 3 heterocycles. The zero-order valence-corrected chi connectivity index (χ0v) is 31.9. The van der Waals surface area contributed by atoms with Gasteiger partial charge in [-0.1, -0.05) is 109 Å². The number of para-hydroxylation sites is 2. The third-order valence-corrected chi connectivity index (χ3v) is 12.9. The minimum absolute atomic E-state index is 0.271. The highest BCUT2D eigenvalue weighted by atomic mass is 32.1. The number of benzene rings is 7. The molecule has 0 N–H and O–H groups in total. The van der Waals surface area contributed by atoms with Crippen molar-refractivity contribution in [3.05, 3.63) is 192 Å². The minimum Gasteiger partial charge on any atom is -0.333 e. The molecule has 9 aromatic rings. The summed E-state index contributed by atoms with van der Waals surface area (Å²) in [5.41, 5.74) is 14.8. The normalized spacial score (nSPS) is 16.1. The Bertz CT molecular complexity index is 3010. The maximum absolute atomic E-state index is 2.50. The first-order valence-corrected chi connectivity index (χ1v) is 20.0. The maximum Gasteiger partial charge on any atom is 0.0719 e. The molecule has 0 bridgehead atoms. The zero-order chi connectivity index (χ0) is 36.8. The predicted octanol–water partition coefficient (Wildman–Crippen LogP) is 14.3. The Morgan fingerprint density at radius 2 is 1.20 bits per heavy atom. The van der Waals surface area contributed by atoms with Gasteiger partial charge in [-0.05, 0) is 104 Å². The number of aromatic nitrogens is 1. The SMILES string of the molecule is Cc1cc(C)c(N(c2ccc(N3c4ccccc4C4C=CC=CC43)cc2)c2ccc(-n3c4ccccc4c4ccc5c6ccccc6sc5c43)cc2)c(C)c1. The Morgan fingerprint density at radius 1 is 0.564 bits per heavy atom. The van der Waals surface area contributed by atoms with Gasteiger partial charge in [0.1, 0.15) is 0 Å². The number of aryl methyl sites for hydroxylation is 3. The van der Waals surface area contributed by atoms with E-state index in [0.717, 1.165) is 17.1 Å². The summed E-state index contributed by atoms with van der Waals surface area (Å²) in [6.07, 6.45) is 9.06. The molecular formula is C51H39N3S. The van der Waals surface area contributed by atoms with Crippen molar-refractivity contribution >= 4 is 81.8 Å². The van der Waals surface area contributed by atoms with E-state index in [1.165, 1.54) is 81.3 Å². The first-order valence-electron chi connectivity index (χ1n) is 19.2. The van der Waals surface area contributed by atoms with E-state index in [9.17, 15) is 0 Å². The van der Waals surface area contributed by atoms with Gasteiger partial charge in [0.25, 0.3) is 0 Å². The third kappa shape index (κ3) is 4.88. The van der Waals surface area contributed by atoms with Gasteiger partial charge >= 0.3 is 0 Å². The van der Waals surface area contributed by atoms with Crippen LogP contribution in [0, 0.1) is 20.8 Å². The molecule has 2 aromatic heterocycles. The first kappa shape index (κ1) is 32.1. The second-order valence-electron chi connectivity index (χ2n) is 15.1. The lowest BCUT2D eigenvalue weighted by molar-refractivity contribution is 0.745. The maximum atomic E-state index is 2.50. The van der Waals surface area contributed by atoms with Gasteiger partial charge in [-0.2, -0.15) is 0 Å². The Hall–Kier alpha value is -6.36. The largest absolute Gasteiger partial charge is 0.333 e. The van der Waals surface area contributed by atoms with Crippen LogP contribution in [-0.4, -0.2) is 10.6 Å². The van der Waals surface area contributed by atoms with Crippen LogP contribution in [0.4, 0.5) is 28.4 Å². The number of thiophene rings is 1. The molecule has 7 aromatic carbocycles. The van der Waals surface area contributed by atoms with Crippen LogP contribution in [0.25, 0.3) is 47.7 Å². The number of hydrogen-bond acceptors (Lipinski definition) is 3. The number of nitrogens with zero attached hydrogens (tertiary/aromatic N) is 3. The summed E-state index contributed by atoms with van der Waals surface area (Å²) in [6, 6.07) is 54.4. The van der Waals surface area contributed by atoms with Crippen molar-refractivity contribution in [1.82, 2.24) is 4.57 Å². The van der Waals surface area contributed by atoms with Crippen molar-refractivity contribution in [2.24, 2.45) is 0 Å². The molecule has 1 aliphatic heterocycles. The van der Waals surface area contributed by atoms with Crippen LogP contribution in [0.1, 0.15) is 28.2 Å². The summed E-state index contributed by atoms with van der Waals surface area (Å²) in [5.74, 6) is 0.359. The molecule has 0 saturated heterocycles. The number of fused-ring (bicyclic) bond motifs is 10. The lowest BCUT2D eigenvalue weighted by atomic mass is 9.91. The average Bonchev–Trinajstić information content (AvgIpc) is 3.88. The van der Waals surface area contributed by atoms with Crippen LogP contribution in [0.3, 0.4) is 0 Å². The van der Waals surface area contributed by atoms with E-state index in [4.69, 9.17) is 0 Å². The average molecular weight is 726 g/mol. The van der Waals surface area contributed by atoms with E-state index in [2.05, 4.69) is 205 Å². The van der Waals surface area contributed by atoms with E-state index in [1.807, 2.05) is 11.3 Å². The summed E-state index contributed by atoms with van der Waals surface area (Å²) in [5, 5.41) is 5.21. The summed E-state index contributed by atoms with van der Waals surface area (Å²) in [6.45, 7) is 6.67. The smallest absolute Gasteiger partial charge is 0.0719 e. The topological polar surface area (TPSA) is 11.4 Å². The molecule has 11 rings (SSSR count). The van der Waals surface area contributed by atoms with Gasteiger partial charge in [0, 0.05) is 60.6 Å². The van der Waals surface area contributed by atoms with Gasteiger partial charge in [-0.25, -0.2) is 0 Å².